The van der Waals surface area contributed by atoms with Crippen LogP contribution in [-0.4, -0.2) is 21.9 Å². The van der Waals surface area contributed by atoms with Gasteiger partial charge >= 0.3 is 0 Å². The molecule has 1 unspecified atom stereocenters. The van der Waals surface area contributed by atoms with E-state index in [2.05, 4.69) is 10.3 Å². The summed E-state index contributed by atoms with van der Waals surface area (Å²) in [6, 6.07) is 21.0. The number of thioether (sulfide) groups is 1. The molecule has 1 amide bonds. The average Bonchev–Trinajstić information content (AvgIpc) is 3.48. The Kier molecular flexibility index (Phi) is 6.27. The van der Waals surface area contributed by atoms with E-state index in [1.807, 2.05) is 97.4 Å². The van der Waals surface area contributed by atoms with E-state index in [0.29, 0.717) is 35.0 Å². The molecule has 7 heteroatoms. The van der Waals surface area contributed by atoms with E-state index in [9.17, 15) is 4.79 Å². The Morgan fingerprint density at radius 2 is 2.00 bits per heavy atom. The van der Waals surface area contributed by atoms with Gasteiger partial charge in [0.15, 0.2) is 11.3 Å². The summed E-state index contributed by atoms with van der Waals surface area (Å²) in [4.78, 5) is 18.7. The smallest absolute Gasteiger partial charge is 0.252 e. The molecule has 34 heavy (non-hydrogen) atoms. The van der Waals surface area contributed by atoms with Crippen LogP contribution in [0, 0.1) is 0 Å². The maximum atomic E-state index is 13.2. The number of nitrogens with one attached hydrogen (secondary N) is 1. The number of benzene rings is 2. The van der Waals surface area contributed by atoms with Crippen molar-refractivity contribution in [2.75, 3.05) is 6.61 Å². The zero-order valence-corrected chi connectivity index (χ0v) is 19.8. The molecule has 0 aliphatic heterocycles. The van der Waals surface area contributed by atoms with E-state index in [4.69, 9.17) is 9.15 Å². The van der Waals surface area contributed by atoms with E-state index in [-0.39, 0.29) is 11.9 Å². The maximum Gasteiger partial charge on any atom is 0.252 e. The molecule has 3 heterocycles. The van der Waals surface area contributed by atoms with E-state index >= 15 is 0 Å². The molecule has 2 aromatic carbocycles. The van der Waals surface area contributed by atoms with Gasteiger partial charge < -0.3 is 18.9 Å². The van der Waals surface area contributed by atoms with Gasteiger partial charge in [-0.1, -0.05) is 30.3 Å². The maximum absolute atomic E-state index is 13.2. The minimum absolute atomic E-state index is 0.143. The molecule has 0 aliphatic carbocycles. The summed E-state index contributed by atoms with van der Waals surface area (Å²) < 4.78 is 13.7. The highest BCUT2D eigenvalue weighted by atomic mass is 32.2. The van der Waals surface area contributed by atoms with Crippen molar-refractivity contribution in [3.8, 4) is 5.75 Å². The van der Waals surface area contributed by atoms with Gasteiger partial charge in [-0.15, -0.1) is 11.8 Å². The van der Waals surface area contributed by atoms with Crippen LogP contribution in [0.1, 0.15) is 41.7 Å². The number of carbonyl (C=O) groups is 1. The van der Waals surface area contributed by atoms with Crippen LogP contribution in [0.3, 0.4) is 0 Å². The Morgan fingerprint density at radius 3 is 2.85 bits per heavy atom. The third-order valence-corrected chi connectivity index (χ3v) is 6.63. The molecular formula is C27H25N3O3S. The first-order valence-corrected chi connectivity index (χ1v) is 12.2. The number of rotatable bonds is 8. The van der Waals surface area contributed by atoms with E-state index < -0.39 is 0 Å². The van der Waals surface area contributed by atoms with E-state index in [0.717, 1.165) is 21.6 Å². The highest BCUT2D eigenvalue weighted by molar-refractivity contribution is 7.98. The summed E-state index contributed by atoms with van der Waals surface area (Å²) in [5.41, 5.74) is 3.21. The van der Waals surface area contributed by atoms with Crippen molar-refractivity contribution in [1.29, 1.82) is 0 Å². The molecule has 1 N–H and O–H groups in total. The molecule has 172 valence electrons. The second kappa shape index (κ2) is 9.65. The van der Waals surface area contributed by atoms with Crippen LogP contribution in [-0.2, 0) is 5.75 Å². The fourth-order valence-electron chi connectivity index (χ4n) is 3.87. The summed E-state index contributed by atoms with van der Waals surface area (Å²) in [6.07, 6.45) is 4.00. The minimum Gasteiger partial charge on any atom is -0.490 e. The number of carbonyl (C=O) groups excluding carboxylic acids is 1. The number of pyridine rings is 1. The number of aromatic nitrogens is 2. The van der Waals surface area contributed by atoms with Crippen molar-refractivity contribution in [2.45, 2.75) is 30.5 Å². The Morgan fingerprint density at radius 1 is 1.15 bits per heavy atom. The second-order valence-corrected chi connectivity index (χ2v) is 8.95. The lowest BCUT2D eigenvalue weighted by Gasteiger charge is -2.13. The van der Waals surface area contributed by atoms with E-state index in [1.54, 1.807) is 11.8 Å². The number of hydrogen-bond donors (Lipinski definition) is 1. The lowest BCUT2D eigenvalue weighted by Crippen LogP contribution is -2.26. The largest absolute Gasteiger partial charge is 0.490 e. The number of ether oxygens (including phenoxy) is 1. The van der Waals surface area contributed by atoms with Crippen LogP contribution in [0.5, 0.6) is 5.75 Å². The van der Waals surface area contributed by atoms with Gasteiger partial charge in [0.1, 0.15) is 11.4 Å². The summed E-state index contributed by atoms with van der Waals surface area (Å²) in [5, 5.41) is 4.03. The lowest BCUT2D eigenvalue weighted by atomic mass is 10.1. The third-order valence-electron chi connectivity index (χ3n) is 5.52. The third kappa shape index (κ3) is 4.52. The van der Waals surface area contributed by atoms with Crippen molar-refractivity contribution in [2.24, 2.45) is 0 Å². The van der Waals surface area contributed by atoms with Crippen LogP contribution in [0.25, 0.3) is 16.6 Å². The fraction of sp³-hybridized carbons (Fsp3) is 0.185. The molecule has 0 spiro atoms. The van der Waals surface area contributed by atoms with Gasteiger partial charge in [0.05, 0.1) is 23.9 Å². The molecular weight excluding hydrogens is 446 g/mol. The van der Waals surface area contributed by atoms with Crippen molar-refractivity contribution in [3.63, 3.8) is 0 Å². The van der Waals surface area contributed by atoms with Gasteiger partial charge in [0, 0.05) is 28.4 Å². The van der Waals surface area contributed by atoms with E-state index in [1.165, 1.54) is 0 Å². The molecule has 0 bridgehead atoms. The van der Waals surface area contributed by atoms with Crippen LogP contribution in [0.2, 0.25) is 0 Å². The molecule has 0 radical (unpaired) electrons. The second-order valence-electron chi connectivity index (χ2n) is 7.93. The van der Waals surface area contributed by atoms with Gasteiger partial charge in [-0.3, -0.25) is 4.79 Å². The van der Waals surface area contributed by atoms with Gasteiger partial charge in [0.25, 0.3) is 5.91 Å². The van der Waals surface area contributed by atoms with Crippen LogP contribution >= 0.6 is 11.8 Å². The monoisotopic (exact) mass is 471 g/mol. The molecule has 5 rings (SSSR count). The standard InChI is InChI=1S/C27H25N3O3S/c1-3-32-22-11-8-9-19-15-23(33-26(19)22)18(2)28-27(31)21-10-4-5-12-24(21)34-17-20-16-30-14-7-6-13-25(30)29-20/h4-16,18H,3,17H2,1-2H3,(H,28,31). The SMILES string of the molecule is CCOc1cccc2cc(C(C)NC(=O)c3ccccc3SCc3cn4ccccc4n3)oc12. The average molecular weight is 472 g/mol. The Balaban J connectivity index is 1.31. The highest BCUT2D eigenvalue weighted by Crippen LogP contribution is 2.32. The predicted molar refractivity (Wildman–Crippen MR) is 134 cm³/mol. The first-order valence-electron chi connectivity index (χ1n) is 11.2. The van der Waals surface area contributed by atoms with Crippen molar-refractivity contribution in [3.05, 3.63) is 96.1 Å². The number of para-hydroxylation sites is 1. The molecule has 5 aromatic rings. The molecule has 1 atom stereocenters. The number of hydrogen-bond acceptors (Lipinski definition) is 5. The van der Waals surface area contributed by atoms with Crippen LogP contribution in [0.15, 0.2) is 88.4 Å². The summed E-state index contributed by atoms with van der Waals surface area (Å²) in [7, 11) is 0. The fourth-order valence-corrected chi connectivity index (χ4v) is 4.81. The van der Waals surface area contributed by atoms with Gasteiger partial charge in [0.2, 0.25) is 0 Å². The molecule has 0 fully saturated rings. The Labute approximate surface area is 201 Å². The summed E-state index contributed by atoms with van der Waals surface area (Å²) in [6.45, 7) is 4.42. The number of amides is 1. The topological polar surface area (TPSA) is 68.8 Å². The molecule has 0 saturated heterocycles. The van der Waals surface area contributed by atoms with Gasteiger partial charge in [-0.25, -0.2) is 4.98 Å². The molecule has 6 nitrogen and oxygen atoms in total. The number of nitrogens with zero attached hydrogens (tertiary/aromatic N) is 2. The number of furan rings is 1. The zero-order chi connectivity index (χ0) is 23.5. The molecule has 0 saturated carbocycles. The van der Waals surface area contributed by atoms with Crippen LogP contribution < -0.4 is 10.1 Å². The minimum atomic E-state index is -0.300. The first-order chi connectivity index (χ1) is 16.6. The van der Waals surface area contributed by atoms with Gasteiger partial charge in [-0.05, 0) is 50.2 Å². The Bertz CT molecular complexity index is 1420. The zero-order valence-electron chi connectivity index (χ0n) is 19.0. The quantitative estimate of drug-likeness (QED) is 0.270. The lowest BCUT2D eigenvalue weighted by molar-refractivity contribution is 0.0932. The van der Waals surface area contributed by atoms with Crippen molar-refractivity contribution >= 4 is 34.3 Å². The highest BCUT2D eigenvalue weighted by Gasteiger charge is 2.19. The molecule has 0 aliphatic rings. The molecule has 3 aromatic heterocycles. The van der Waals surface area contributed by atoms with Crippen molar-refractivity contribution < 1.29 is 13.9 Å². The number of imidazole rings is 1. The van der Waals surface area contributed by atoms with Gasteiger partial charge in [-0.2, -0.15) is 0 Å². The number of fused-ring (bicyclic) bond motifs is 2. The predicted octanol–water partition coefficient (Wildman–Crippen LogP) is 6.26. The van der Waals surface area contributed by atoms with Crippen molar-refractivity contribution in [1.82, 2.24) is 14.7 Å². The normalized spacial score (nSPS) is 12.2. The summed E-state index contributed by atoms with van der Waals surface area (Å²) in [5.74, 6) is 1.92. The first kappa shape index (κ1) is 22.1. The van der Waals surface area contributed by atoms with Crippen LogP contribution in [0.4, 0.5) is 0 Å². The Hall–Kier alpha value is -3.71. The summed E-state index contributed by atoms with van der Waals surface area (Å²) >= 11 is 1.60.